The molecule has 1 heterocycles. The molecule has 3 aromatic rings. The number of halogens is 5. The second-order valence-corrected chi connectivity index (χ2v) is 7.26. The minimum absolute atomic E-state index is 0.0272. The van der Waals surface area contributed by atoms with E-state index in [0.29, 0.717) is 5.56 Å². The summed E-state index contributed by atoms with van der Waals surface area (Å²) in [7, 11) is 0. The van der Waals surface area contributed by atoms with E-state index < -0.39 is 41.7 Å². The number of hydrogen-bond acceptors (Lipinski definition) is 3. The summed E-state index contributed by atoms with van der Waals surface area (Å²) in [6.07, 6.45) is -4.58. The van der Waals surface area contributed by atoms with Crippen LogP contribution >= 0.6 is 0 Å². The van der Waals surface area contributed by atoms with Crippen molar-refractivity contribution in [2.24, 2.45) is 0 Å². The lowest BCUT2D eigenvalue weighted by atomic mass is 10.0. The SMILES string of the molecule is O=C1C(Nc2ccc(F)c(F)c2)=C(c2ccccc2)C(=O)N1Cc1cccc(C(F)(F)F)c1. The summed E-state index contributed by atoms with van der Waals surface area (Å²) in [5, 5.41) is 2.67. The van der Waals surface area contributed by atoms with Crippen molar-refractivity contribution in [3.63, 3.8) is 0 Å². The second kappa shape index (κ2) is 8.50. The Morgan fingerprint density at radius 1 is 0.788 bits per heavy atom. The molecule has 3 aromatic carbocycles. The number of nitrogens with zero attached hydrogens (tertiary/aromatic N) is 1. The minimum atomic E-state index is -4.58. The van der Waals surface area contributed by atoms with Crippen LogP contribution in [0, 0.1) is 11.6 Å². The van der Waals surface area contributed by atoms with Gasteiger partial charge in [-0.15, -0.1) is 0 Å². The largest absolute Gasteiger partial charge is 0.416 e. The van der Waals surface area contributed by atoms with Crippen molar-refractivity contribution in [2.75, 3.05) is 5.32 Å². The van der Waals surface area contributed by atoms with Crippen molar-refractivity contribution in [1.82, 2.24) is 4.90 Å². The number of imide groups is 1. The van der Waals surface area contributed by atoms with Crippen LogP contribution in [0.4, 0.5) is 27.6 Å². The van der Waals surface area contributed by atoms with Gasteiger partial charge in [-0.25, -0.2) is 8.78 Å². The first-order chi connectivity index (χ1) is 15.6. The highest BCUT2D eigenvalue weighted by Gasteiger charge is 2.39. The standard InChI is InChI=1S/C24H15F5N2O2/c25-18-10-9-17(12-19(18)26)30-21-20(15-6-2-1-3-7-15)22(32)31(23(21)33)13-14-5-4-8-16(11-14)24(27,28)29/h1-12,30H,13H2. The third-order valence-electron chi connectivity index (χ3n) is 5.01. The Labute approximate surface area is 185 Å². The fraction of sp³-hybridized carbons (Fsp3) is 0.0833. The molecule has 168 valence electrons. The molecule has 1 aliphatic heterocycles. The number of rotatable bonds is 5. The highest BCUT2D eigenvalue weighted by molar-refractivity contribution is 6.36. The fourth-order valence-corrected chi connectivity index (χ4v) is 3.46. The van der Waals surface area contributed by atoms with E-state index in [1.807, 2.05) is 0 Å². The molecule has 9 heteroatoms. The van der Waals surface area contributed by atoms with Crippen LogP contribution in [0.2, 0.25) is 0 Å². The maximum Gasteiger partial charge on any atom is 0.416 e. The van der Waals surface area contributed by atoms with Gasteiger partial charge in [0.15, 0.2) is 11.6 Å². The van der Waals surface area contributed by atoms with Crippen molar-refractivity contribution in [2.45, 2.75) is 12.7 Å². The average Bonchev–Trinajstić information content (AvgIpc) is 3.01. The smallest absolute Gasteiger partial charge is 0.350 e. The molecule has 0 aromatic heterocycles. The number of anilines is 1. The Morgan fingerprint density at radius 2 is 1.52 bits per heavy atom. The molecular formula is C24H15F5N2O2. The van der Waals surface area contributed by atoms with Gasteiger partial charge < -0.3 is 5.32 Å². The number of benzene rings is 3. The maximum atomic E-state index is 13.7. The minimum Gasteiger partial charge on any atom is -0.350 e. The van der Waals surface area contributed by atoms with Gasteiger partial charge in [0, 0.05) is 11.8 Å². The zero-order valence-electron chi connectivity index (χ0n) is 16.8. The van der Waals surface area contributed by atoms with Gasteiger partial charge in [-0.1, -0.05) is 42.5 Å². The van der Waals surface area contributed by atoms with Gasteiger partial charge in [-0.05, 0) is 35.4 Å². The second-order valence-electron chi connectivity index (χ2n) is 7.26. The van der Waals surface area contributed by atoms with E-state index in [2.05, 4.69) is 5.32 Å². The van der Waals surface area contributed by atoms with Gasteiger partial charge in [0.2, 0.25) is 0 Å². The van der Waals surface area contributed by atoms with Gasteiger partial charge in [-0.3, -0.25) is 14.5 Å². The lowest BCUT2D eigenvalue weighted by molar-refractivity contribution is -0.137. The monoisotopic (exact) mass is 458 g/mol. The van der Waals surface area contributed by atoms with Gasteiger partial charge in [0.25, 0.3) is 11.8 Å². The summed E-state index contributed by atoms with van der Waals surface area (Å²) in [5.41, 5.74) is -0.614. The van der Waals surface area contributed by atoms with Gasteiger partial charge in [0.1, 0.15) is 5.70 Å². The maximum absolute atomic E-state index is 13.7. The van der Waals surface area contributed by atoms with Gasteiger partial charge in [0.05, 0.1) is 17.7 Å². The summed E-state index contributed by atoms with van der Waals surface area (Å²) >= 11 is 0. The van der Waals surface area contributed by atoms with Gasteiger partial charge >= 0.3 is 6.18 Å². The normalized spacial score (nSPS) is 14.3. The third kappa shape index (κ3) is 4.48. The molecule has 0 aliphatic carbocycles. The molecule has 33 heavy (non-hydrogen) atoms. The molecule has 0 radical (unpaired) electrons. The molecule has 4 nitrogen and oxygen atoms in total. The van der Waals surface area contributed by atoms with Crippen LogP contribution in [0.15, 0.2) is 78.5 Å². The third-order valence-corrected chi connectivity index (χ3v) is 5.01. The summed E-state index contributed by atoms with van der Waals surface area (Å²) in [6, 6.07) is 15.4. The zero-order chi connectivity index (χ0) is 23.8. The molecule has 1 N–H and O–H groups in total. The number of amides is 2. The van der Waals surface area contributed by atoms with E-state index in [-0.39, 0.29) is 22.5 Å². The van der Waals surface area contributed by atoms with E-state index in [1.54, 1.807) is 30.3 Å². The molecule has 1 aliphatic rings. The molecule has 0 saturated heterocycles. The van der Waals surface area contributed by atoms with E-state index in [1.165, 1.54) is 18.2 Å². The topological polar surface area (TPSA) is 49.4 Å². The Balaban J connectivity index is 1.71. The molecular weight excluding hydrogens is 443 g/mol. The molecule has 0 saturated carbocycles. The number of alkyl halides is 3. The zero-order valence-corrected chi connectivity index (χ0v) is 16.8. The lowest BCUT2D eigenvalue weighted by Crippen LogP contribution is -2.32. The van der Waals surface area contributed by atoms with Crippen molar-refractivity contribution in [3.05, 3.63) is 107 Å². The molecule has 0 atom stereocenters. The Morgan fingerprint density at radius 3 is 2.18 bits per heavy atom. The van der Waals surface area contributed by atoms with Crippen molar-refractivity contribution < 1.29 is 31.5 Å². The number of carbonyl (C=O) groups excluding carboxylic acids is 2. The lowest BCUT2D eigenvalue weighted by Gasteiger charge is -2.16. The summed E-state index contributed by atoms with van der Waals surface area (Å²) in [6.45, 7) is -0.402. The molecule has 0 spiro atoms. The number of hydrogen-bond donors (Lipinski definition) is 1. The first-order valence-corrected chi connectivity index (χ1v) is 9.69. The highest BCUT2D eigenvalue weighted by Crippen LogP contribution is 2.33. The first-order valence-electron chi connectivity index (χ1n) is 9.69. The predicted octanol–water partition coefficient (Wildman–Crippen LogP) is 5.38. The molecule has 4 rings (SSSR count). The number of carbonyl (C=O) groups is 2. The molecule has 0 bridgehead atoms. The van der Waals surface area contributed by atoms with E-state index in [0.717, 1.165) is 29.2 Å². The van der Waals surface area contributed by atoms with Crippen LogP contribution in [-0.2, 0) is 22.3 Å². The summed E-state index contributed by atoms with van der Waals surface area (Å²) in [5.74, 6) is -3.77. The average molecular weight is 458 g/mol. The predicted molar refractivity (Wildman–Crippen MR) is 110 cm³/mol. The van der Waals surface area contributed by atoms with Crippen LogP contribution in [0.25, 0.3) is 5.57 Å². The van der Waals surface area contributed by atoms with Crippen LogP contribution in [-0.4, -0.2) is 16.7 Å². The summed E-state index contributed by atoms with van der Waals surface area (Å²) < 4.78 is 66.1. The van der Waals surface area contributed by atoms with E-state index >= 15 is 0 Å². The van der Waals surface area contributed by atoms with Crippen molar-refractivity contribution >= 4 is 23.1 Å². The fourth-order valence-electron chi connectivity index (χ4n) is 3.46. The van der Waals surface area contributed by atoms with Crippen LogP contribution < -0.4 is 5.32 Å². The molecule has 0 fully saturated rings. The Kier molecular flexibility index (Phi) is 5.71. The van der Waals surface area contributed by atoms with Crippen LogP contribution in [0.3, 0.4) is 0 Å². The van der Waals surface area contributed by atoms with Crippen LogP contribution in [0.5, 0.6) is 0 Å². The van der Waals surface area contributed by atoms with E-state index in [9.17, 15) is 31.5 Å². The van der Waals surface area contributed by atoms with Gasteiger partial charge in [-0.2, -0.15) is 13.2 Å². The number of nitrogens with one attached hydrogen (secondary N) is 1. The molecule has 0 unspecified atom stereocenters. The Bertz CT molecular complexity index is 1270. The van der Waals surface area contributed by atoms with Crippen molar-refractivity contribution in [3.8, 4) is 0 Å². The van der Waals surface area contributed by atoms with Crippen molar-refractivity contribution in [1.29, 1.82) is 0 Å². The summed E-state index contributed by atoms with van der Waals surface area (Å²) in [4.78, 5) is 27.1. The van der Waals surface area contributed by atoms with E-state index in [4.69, 9.17) is 0 Å². The first kappa shape index (κ1) is 22.2. The molecule has 2 amide bonds. The highest BCUT2D eigenvalue weighted by atomic mass is 19.4. The van der Waals surface area contributed by atoms with Crippen LogP contribution in [0.1, 0.15) is 16.7 Å². The Hall–Kier alpha value is -4.01. The quantitative estimate of drug-likeness (QED) is 0.413.